The van der Waals surface area contributed by atoms with Crippen molar-refractivity contribution in [2.45, 2.75) is 12.8 Å². The van der Waals surface area contributed by atoms with Gasteiger partial charge in [0.05, 0.1) is 12.1 Å². The smallest absolute Gasteiger partial charge is 0.319 e. The number of nitrogens with zero attached hydrogens (tertiary/aromatic N) is 1. The first kappa shape index (κ1) is 15.7. The fourth-order valence-electron chi connectivity index (χ4n) is 2.20. The van der Waals surface area contributed by atoms with Crippen LogP contribution in [0.5, 0.6) is 0 Å². The monoisotopic (exact) mass is 308 g/mol. The summed E-state index contributed by atoms with van der Waals surface area (Å²) in [5, 5.41) is 4.84. The predicted octanol–water partition coefficient (Wildman–Crippen LogP) is 0.669. The van der Waals surface area contributed by atoms with Crippen LogP contribution in [0.15, 0.2) is 18.2 Å². The number of carbonyl (C=O) groups excluding carboxylic acids is 3. The molecule has 7 nitrogen and oxygen atoms in total. The number of hydrogen-bond acceptors (Lipinski definition) is 3. The minimum Gasteiger partial charge on any atom is -0.366 e. The minimum absolute atomic E-state index is 0.115. The van der Waals surface area contributed by atoms with Crippen LogP contribution in [-0.4, -0.2) is 42.4 Å². The molecule has 0 atom stereocenters. The molecule has 118 valence electrons. The summed E-state index contributed by atoms with van der Waals surface area (Å²) in [6.45, 7) is 1.31. The SMILES string of the molecule is NC(=O)c1cc(NC(=O)NCC(=O)N2CCCC2)ccc1F. The maximum Gasteiger partial charge on any atom is 0.319 e. The van der Waals surface area contributed by atoms with Gasteiger partial charge in [0.1, 0.15) is 5.82 Å². The number of hydrogen-bond donors (Lipinski definition) is 3. The number of amides is 4. The second-order valence-electron chi connectivity index (χ2n) is 4.95. The first-order chi connectivity index (χ1) is 10.5. The Labute approximate surface area is 126 Å². The van der Waals surface area contributed by atoms with Crippen LogP contribution in [0.1, 0.15) is 23.2 Å². The minimum atomic E-state index is -0.925. The molecule has 1 aliphatic heterocycles. The lowest BCUT2D eigenvalue weighted by Crippen LogP contribution is -2.40. The van der Waals surface area contributed by atoms with Gasteiger partial charge in [-0.15, -0.1) is 0 Å². The van der Waals surface area contributed by atoms with Crippen molar-refractivity contribution >= 4 is 23.5 Å². The molecule has 1 aromatic carbocycles. The van der Waals surface area contributed by atoms with Crippen LogP contribution in [0.2, 0.25) is 0 Å². The lowest BCUT2D eigenvalue weighted by Gasteiger charge is -2.15. The maximum absolute atomic E-state index is 13.3. The van der Waals surface area contributed by atoms with Crippen LogP contribution in [-0.2, 0) is 4.79 Å². The Morgan fingerprint density at radius 1 is 1.23 bits per heavy atom. The van der Waals surface area contributed by atoms with E-state index in [1.54, 1.807) is 4.90 Å². The van der Waals surface area contributed by atoms with E-state index in [1.165, 1.54) is 6.07 Å². The Bertz CT molecular complexity index is 600. The molecule has 1 heterocycles. The van der Waals surface area contributed by atoms with E-state index in [4.69, 9.17) is 5.73 Å². The molecule has 1 aliphatic rings. The number of benzene rings is 1. The molecule has 2 rings (SSSR count). The van der Waals surface area contributed by atoms with E-state index in [9.17, 15) is 18.8 Å². The molecule has 1 saturated heterocycles. The average Bonchev–Trinajstić information content (AvgIpc) is 3.01. The third-order valence-electron chi connectivity index (χ3n) is 3.35. The number of likely N-dealkylation sites (tertiary alicyclic amines) is 1. The van der Waals surface area contributed by atoms with Crippen molar-refractivity contribution in [3.05, 3.63) is 29.6 Å². The van der Waals surface area contributed by atoms with Gasteiger partial charge in [-0.25, -0.2) is 9.18 Å². The van der Waals surface area contributed by atoms with Gasteiger partial charge >= 0.3 is 6.03 Å². The summed E-state index contributed by atoms with van der Waals surface area (Å²) in [4.78, 5) is 36.2. The van der Waals surface area contributed by atoms with Crippen LogP contribution >= 0.6 is 0 Å². The van der Waals surface area contributed by atoms with E-state index in [0.29, 0.717) is 13.1 Å². The fraction of sp³-hybridized carbons (Fsp3) is 0.357. The van der Waals surface area contributed by atoms with Gasteiger partial charge in [-0.3, -0.25) is 9.59 Å². The van der Waals surface area contributed by atoms with Crippen molar-refractivity contribution in [3.63, 3.8) is 0 Å². The molecular formula is C14H17FN4O3. The van der Waals surface area contributed by atoms with E-state index in [1.807, 2.05) is 0 Å². The molecule has 22 heavy (non-hydrogen) atoms. The number of carbonyl (C=O) groups is 3. The highest BCUT2D eigenvalue weighted by Crippen LogP contribution is 2.14. The zero-order valence-corrected chi connectivity index (χ0v) is 11.9. The van der Waals surface area contributed by atoms with Gasteiger partial charge in [-0.05, 0) is 31.0 Å². The van der Waals surface area contributed by atoms with E-state index in [0.717, 1.165) is 25.0 Å². The Kier molecular flexibility index (Phi) is 4.92. The summed E-state index contributed by atoms with van der Waals surface area (Å²) < 4.78 is 13.3. The zero-order valence-electron chi connectivity index (χ0n) is 11.9. The van der Waals surface area contributed by atoms with Crippen molar-refractivity contribution in [1.82, 2.24) is 10.2 Å². The van der Waals surface area contributed by atoms with E-state index < -0.39 is 17.8 Å². The van der Waals surface area contributed by atoms with Gasteiger partial charge in [-0.2, -0.15) is 0 Å². The van der Waals surface area contributed by atoms with E-state index in [2.05, 4.69) is 10.6 Å². The lowest BCUT2D eigenvalue weighted by atomic mass is 10.2. The number of halogens is 1. The second-order valence-corrected chi connectivity index (χ2v) is 4.95. The molecule has 4 N–H and O–H groups in total. The van der Waals surface area contributed by atoms with Crippen LogP contribution in [0.4, 0.5) is 14.9 Å². The molecule has 8 heteroatoms. The summed E-state index contributed by atoms with van der Waals surface area (Å²) in [6.07, 6.45) is 1.95. The normalized spacial score (nSPS) is 13.8. The van der Waals surface area contributed by atoms with Crippen molar-refractivity contribution < 1.29 is 18.8 Å². The fourth-order valence-corrected chi connectivity index (χ4v) is 2.20. The average molecular weight is 308 g/mol. The predicted molar refractivity (Wildman–Crippen MR) is 77.8 cm³/mol. The van der Waals surface area contributed by atoms with Crippen molar-refractivity contribution in [1.29, 1.82) is 0 Å². The molecule has 0 spiro atoms. The van der Waals surface area contributed by atoms with Crippen LogP contribution in [0, 0.1) is 5.82 Å². The number of nitrogens with two attached hydrogens (primary N) is 1. The van der Waals surface area contributed by atoms with Crippen LogP contribution in [0.3, 0.4) is 0 Å². The standard InChI is InChI=1S/C14H17FN4O3/c15-11-4-3-9(7-10(11)13(16)21)18-14(22)17-8-12(20)19-5-1-2-6-19/h3-4,7H,1-2,5-6,8H2,(H2,16,21)(H2,17,18,22). The third kappa shape index (κ3) is 3.94. The summed E-state index contributed by atoms with van der Waals surface area (Å²) >= 11 is 0. The van der Waals surface area contributed by atoms with Gasteiger partial charge in [0.25, 0.3) is 5.91 Å². The molecule has 0 unspecified atom stereocenters. The molecule has 1 fully saturated rings. The largest absolute Gasteiger partial charge is 0.366 e. The van der Waals surface area contributed by atoms with E-state index >= 15 is 0 Å². The zero-order chi connectivity index (χ0) is 16.1. The van der Waals surface area contributed by atoms with Crippen molar-refractivity contribution in [3.8, 4) is 0 Å². The number of anilines is 1. The number of primary amides is 1. The Morgan fingerprint density at radius 2 is 1.91 bits per heavy atom. The first-order valence-electron chi connectivity index (χ1n) is 6.89. The topological polar surface area (TPSA) is 105 Å². The summed E-state index contributed by atoms with van der Waals surface area (Å²) in [5.41, 5.74) is 4.92. The number of rotatable bonds is 4. The molecular weight excluding hydrogens is 291 g/mol. The summed E-state index contributed by atoms with van der Waals surface area (Å²) in [7, 11) is 0. The van der Waals surface area contributed by atoms with Crippen LogP contribution in [0.25, 0.3) is 0 Å². The third-order valence-corrected chi connectivity index (χ3v) is 3.35. The molecule has 0 aliphatic carbocycles. The highest BCUT2D eigenvalue weighted by Gasteiger charge is 2.18. The van der Waals surface area contributed by atoms with Crippen molar-refractivity contribution in [2.24, 2.45) is 5.73 Å². The Hall–Kier alpha value is -2.64. The lowest BCUT2D eigenvalue weighted by molar-refractivity contribution is -0.128. The second kappa shape index (κ2) is 6.88. The van der Waals surface area contributed by atoms with Gasteiger partial charge in [-0.1, -0.05) is 0 Å². The maximum atomic E-state index is 13.3. The molecule has 0 saturated carbocycles. The van der Waals surface area contributed by atoms with Crippen molar-refractivity contribution in [2.75, 3.05) is 25.0 Å². The molecule has 1 aromatic rings. The molecule has 4 amide bonds. The summed E-state index contributed by atoms with van der Waals surface area (Å²) in [5.74, 6) is -1.84. The Morgan fingerprint density at radius 3 is 2.55 bits per heavy atom. The Balaban J connectivity index is 1.87. The van der Waals surface area contributed by atoms with Gasteiger partial charge < -0.3 is 21.3 Å². The molecule has 0 aromatic heterocycles. The van der Waals surface area contributed by atoms with Crippen LogP contribution < -0.4 is 16.4 Å². The molecule has 0 radical (unpaired) electrons. The quantitative estimate of drug-likeness (QED) is 0.761. The molecule has 0 bridgehead atoms. The first-order valence-corrected chi connectivity index (χ1v) is 6.89. The highest BCUT2D eigenvalue weighted by atomic mass is 19.1. The van der Waals surface area contributed by atoms with E-state index in [-0.39, 0.29) is 23.7 Å². The highest BCUT2D eigenvalue weighted by molar-refractivity contribution is 5.96. The van der Waals surface area contributed by atoms with Gasteiger partial charge in [0, 0.05) is 18.8 Å². The van der Waals surface area contributed by atoms with Gasteiger partial charge in [0.15, 0.2) is 0 Å². The summed E-state index contributed by atoms with van der Waals surface area (Å²) in [6, 6.07) is 2.85. The van der Waals surface area contributed by atoms with Gasteiger partial charge in [0.2, 0.25) is 5.91 Å². The number of nitrogens with one attached hydrogen (secondary N) is 2. The number of urea groups is 1.